The predicted molar refractivity (Wildman–Crippen MR) is 72.6 cm³/mol. The average Bonchev–Trinajstić information content (AvgIpc) is 2.26. The monoisotopic (exact) mass is 250 g/mol. The molecule has 0 saturated carbocycles. The highest BCUT2D eigenvalue weighted by molar-refractivity contribution is 5.77. The maximum absolute atomic E-state index is 11.4. The second-order valence-electron chi connectivity index (χ2n) is 5.13. The van der Waals surface area contributed by atoms with Gasteiger partial charge >= 0.3 is 0 Å². The van der Waals surface area contributed by atoms with Crippen LogP contribution in [0.3, 0.4) is 0 Å². The van der Waals surface area contributed by atoms with Crippen molar-refractivity contribution in [3.8, 4) is 5.75 Å². The summed E-state index contributed by atoms with van der Waals surface area (Å²) in [6, 6.07) is 7.75. The van der Waals surface area contributed by atoms with Crippen LogP contribution in [0.5, 0.6) is 5.75 Å². The minimum atomic E-state index is -0.245. The van der Waals surface area contributed by atoms with Crippen LogP contribution in [0.15, 0.2) is 24.3 Å². The number of para-hydroxylation sites is 1. The van der Waals surface area contributed by atoms with Crippen LogP contribution in [-0.2, 0) is 11.3 Å². The SMILES string of the molecule is CNCC(=O)NCc1ccccc1OC(C)(C)C. The van der Waals surface area contributed by atoms with Crippen molar-refractivity contribution in [1.82, 2.24) is 10.6 Å². The first kappa shape index (κ1) is 14.5. The van der Waals surface area contributed by atoms with Gasteiger partial charge in [0.2, 0.25) is 5.91 Å². The van der Waals surface area contributed by atoms with Gasteiger partial charge in [0.25, 0.3) is 0 Å². The van der Waals surface area contributed by atoms with Crippen molar-refractivity contribution in [2.75, 3.05) is 13.6 Å². The maximum Gasteiger partial charge on any atom is 0.234 e. The summed E-state index contributed by atoms with van der Waals surface area (Å²) in [6.45, 7) is 6.81. The van der Waals surface area contributed by atoms with Crippen LogP contribution in [0, 0.1) is 0 Å². The molecule has 100 valence electrons. The van der Waals surface area contributed by atoms with E-state index in [0.29, 0.717) is 13.1 Å². The van der Waals surface area contributed by atoms with E-state index in [4.69, 9.17) is 4.74 Å². The molecule has 2 N–H and O–H groups in total. The molecule has 1 aromatic carbocycles. The molecule has 0 aliphatic rings. The van der Waals surface area contributed by atoms with Gasteiger partial charge < -0.3 is 15.4 Å². The fraction of sp³-hybridized carbons (Fsp3) is 0.500. The fourth-order valence-corrected chi connectivity index (χ4v) is 1.50. The summed E-state index contributed by atoms with van der Waals surface area (Å²) in [7, 11) is 1.75. The lowest BCUT2D eigenvalue weighted by atomic mass is 10.1. The first-order valence-electron chi connectivity index (χ1n) is 6.10. The van der Waals surface area contributed by atoms with Gasteiger partial charge in [-0.1, -0.05) is 18.2 Å². The number of hydrogen-bond acceptors (Lipinski definition) is 3. The Morgan fingerprint density at radius 2 is 1.94 bits per heavy atom. The first-order chi connectivity index (χ1) is 8.42. The van der Waals surface area contributed by atoms with E-state index in [2.05, 4.69) is 10.6 Å². The van der Waals surface area contributed by atoms with Gasteiger partial charge in [-0.15, -0.1) is 0 Å². The van der Waals surface area contributed by atoms with Gasteiger partial charge in [0.15, 0.2) is 0 Å². The molecule has 4 nitrogen and oxygen atoms in total. The number of ether oxygens (including phenoxy) is 1. The molecule has 0 atom stereocenters. The van der Waals surface area contributed by atoms with Gasteiger partial charge in [0.05, 0.1) is 6.54 Å². The summed E-state index contributed by atoms with van der Waals surface area (Å²) in [4.78, 5) is 11.4. The average molecular weight is 250 g/mol. The molecule has 1 rings (SSSR count). The summed E-state index contributed by atoms with van der Waals surface area (Å²) in [5.74, 6) is 0.790. The van der Waals surface area contributed by atoms with Crippen molar-refractivity contribution < 1.29 is 9.53 Å². The molecule has 0 aromatic heterocycles. The largest absolute Gasteiger partial charge is 0.488 e. The van der Waals surface area contributed by atoms with E-state index in [-0.39, 0.29) is 11.5 Å². The van der Waals surface area contributed by atoms with Crippen LogP contribution in [0.25, 0.3) is 0 Å². The highest BCUT2D eigenvalue weighted by atomic mass is 16.5. The van der Waals surface area contributed by atoms with Crippen LogP contribution in [0.4, 0.5) is 0 Å². The zero-order chi connectivity index (χ0) is 13.6. The van der Waals surface area contributed by atoms with Crippen LogP contribution >= 0.6 is 0 Å². The number of hydrogen-bond donors (Lipinski definition) is 2. The molecule has 18 heavy (non-hydrogen) atoms. The Morgan fingerprint density at radius 3 is 2.56 bits per heavy atom. The van der Waals surface area contributed by atoms with Crippen molar-refractivity contribution in [3.05, 3.63) is 29.8 Å². The second-order valence-corrected chi connectivity index (χ2v) is 5.13. The summed E-state index contributed by atoms with van der Waals surface area (Å²) in [5, 5.41) is 5.66. The smallest absolute Gasteiger partial charge is 0.234 e. The number of rotatable bonds is 5. The van der Waals surface area contributed by atoms with E-state index in [1.54, 1.807) is 7.05 Å². The molecule has 0 spiro atoms. The molecule has 1 aromatic rings. The van der Waals surface area contributed by atoms with Crippen LogP contribution in [0.1, 0.15) is 26.3 Å². The van der Waals surface area contributed by atoms with E-state index in [1.165, 1.54) is 0 Å². The Bertz CT molecular complexity index is 397. The molecule has 4 heteroatoms. The van der Waals surface area contributed by atoms with Gasteiger partial charge in [-0.3, -0.25) is 4.79 Å². The molecule has 0 bridgehead atoms. The van der Waals surface area contributed by atoms with E-state index in [1.807, 2.05) is 45.0 Å². The molecule has 0 heterocycles. The number of amides is 1. The van der Waals surface area contributed by atoms with E-state index < -0.39 is 0 Å². The Morgan fingerprint density at radius 1 is 1.28 bits per heavy atom. The van der Waals surface area contributed by atoms with Crippen LogP contribution in [-0.4, -0.2) is 25.1 Å². The lowest BCUT2D eigenvalue weighted by Gasteiger charge is -2.23. The lowest BCUT2D eigenvalue weighted by molar-refractivity contribution is -0.120. The summed E-state index contributed by atoms with van der Waals surface area (Å²) in [6.07, 6.45) is 0. The molecule has 0 fully saturated rings. The Hall–Kier alpha value is -1.55. The third-order valence-electron chi connectivity index (χ3n) is 2.20. The van der Waals surface area contributed by atoms with Crippen LogP contribution < -0.4 is 15.4 Å². The van der Waals surface area contributed by atoms with Crippen molar-refractivity contribution in [2.45, 2.75) is 32.9 Å². The quantitative estimate of drug-likeness (QED) is 0.836. The minimum absolute atomic E-state index is 0.0249. The van der Waals surface area contributed by atoms with Gasteiger partial charge in [0, 0.05) is 12.1 Å². The zero-order valence-electron chi connectivity index (χ0n) is 11.5. The van der Waals surface area contributed by atoms with Gasteiger partial charge in [0.1, 0.15) is 11.4 Å². The van der Waals surface area contributed by atoms with E-state index in [0.717, 1.165) is 11.3 Å². The fourth-order valence-electron chi connectivity index (χ4n) is 1.50. The van der Waals surface area contributed by atoms with Crippen LogP contribution in [0.2, 0.25) is 0 Å². The number of carbonyl (C=O) groups is 1. The second kappa shape index (κ2) is 6.40. The number of carbonyl (C=O) groups excluding carboxylic acids is 1. The van der Waals surface area contributed by atoms with Gasteiger partial charge in [-0.2, -0.15) is 0 Å². The minimum Gasteiger partial charge on any atom is -0.488 e. The zero-order valence-corrected chi connectivity index (χ0v) is 11.5. The summed E-state index contributed by atoms with van der Waals surface area (Å²) < 4.78 is 5.86. The van der Waals surface area contributed by atoms with Crippen molar-refractivity contribution in [3.63, 3.8) is 0 Å². The van der Waals surface area contributed by atoms with E-state index >= 15 is 0 Å². The molecule has 0 aliphatic heterocycles. The Balaban J connectivity index is 2.67. The third kappa shape index (κ3) is 5.19. The highest BCUT2D eigenvalue weighted by Crippen LogP contribution is 2.22. The van der Waals surface area contributed by atoms with E-state index in [9.17, 15) is 4.79 Å². The first-order valence-corrected chi connectivity index (χ1v) is 6.10. The molecular weight excluding hydrogens is 228 g/mol. The molecule has 0 radical (unpaired) electrons. The predicted octanol–water partition coefficient (Wildman–Crippen LogP) is 1.70. The van der Waals surface area contributed by atoms with Crippen molar-refractivity contribution in [2.24, 2.45) is 0 Å². The summed E-state index contributed by atoms with van der Waals surface area (Å²) >= 11 is 0. The molecule has 0 unspecified atom stereocenters. The maximum atomic E-state index is 11.4. The summed E-state index contributed by atoms with van der Waals surface area (Å²) in [5.41, 5.74) is 0.738. The standard InChI is InChI=1S/C14H22N2O2/c1-14(2,3)18-12-8-6-5-7-11(12)9-16-13(17)10-15-4/h5-8,15H,9-10H2,1-4H3,(H,16,17). The Kier molecular flexibility index (Phi) is 5.16. The molecule has 0 aliphatic carbocycles. The highest BCUT2D eigenvalue weighted by Gasteiger charge is 2.14. The van der Waals surface area contributed by atoms with Gasteiger partial charge in [-0.25, -0.2) is 0 Å². The van der Waals surface area contributed by atoms with Gasteiger partial charge in [-0.05, 0) is 33.9 Å². The number of benzene rings is 1. The number of nitrogens with one attached hydrogen (secondary N) is 2. The third-order valence-corrected chi connectivity index (χ3v) is 2.20. The molecular formula is C14H22N2O2. The lowest BCUT2D eigenvalue weighted by Crippen LogP contribution is -2.32. The van der Waals surface area contributed by atoms with Crippen molar-refractivity contribution >= 4 is 5.91 Å². The molecule has 0 saturated heterocycles. The number of likely N-dealkylation sites (N-methyl/N-ethyl adjacent to an activating group) is 1. The van der Waals surface area contributed by atoms with Crippen molar-refractivity contribution in [1.29, 1.82) is 0 Å². The normalized spacial score (nSPS) is 11.1. The Labute approximate surface area is 109 Å². The topological polar surface area (TPSA) is 50.4 Å². The molecule has 1 amide bonds.